The molecule has 0 radical (unpaired) electrons. The van der Waals surface area contributed by atoms with Gasteiger partial charge in [0.2, 0.25) is 0 Å². The molecule has 1 atom stereocenters. The second-order valence-corrected chi connectivity index (χ2v) is 5.25. The van der Waals surface area contributed by atoms with Crippen LogP contribution in [0.25, 0.3) is 0 Å². The van der Waals surface area contributed by atoms with Crippen molar-refractivity contribution in [1.29, 1.82) is 0 Å². The Kier molecular flexibility index (Phi) is 4.38. The highest BCUT2D eigenvalue weighted by molar-refractivity contribution is 5.96. The minimum absolute atomic E-state index is 0.117. The van der Waals surface area contributed by atoms with Gasteiger partial charge in [0.1, 0.15) is 0 Å². The number of likely N-dealkylation sites (tertiary alicyclic amines) is 1. The molecule has 3 N–H and O–H groups in total. The van der Waals surface area contributed by atoms with Crippen LogP contribution >= 0.6 is 0 Å². The molecule has 5 nitrogen and oxygen atoms in total. The molecule has 0 bridgehead atoms. The monoisotopic (exact) mass is 273 g/mol. The number of amides is 1. The molecule has 2 rings (SSSR count). The summed E-state index contributed by atoms with van der Waals surface area (Å²) in [6, 6.07) is 1.66. The predicted molar refractivity (Wildman–Crippen MR) is 75.9 cm³/mol. The third-order valence-electron chi connectivity index (χ3n) is 3.34. The van der Waals surface area contributed by atoms with Crippen molar-refractivity contribution < 1.29 is 9.90 Å². The van der Waals surface area contributed by atoms with E-state index in [-0.39, 0.29) is 12.5 Å². The van der Waals surface area contributed by atoms with Crippen molar-refractivity contribution in [3.05, 3.63) is 29.6 Å². The average molecular weight is 273 g/mol. The summed E-state index contributed by atoms with van der Waals surface area (Å²) in [5.74, 6) is 5.49. The van der Waals surface area contributed by atoms with Crippen LogP contribution in [0.5, 0.6) is 0 Å². The zero-order valence-corrected chi connectivity index (χ0v) is 11.6. The quantitative estimate of drug-likeness (QED) is 0.725. The molecule has 1 unspecified atom stereocenters. The molecule has 20 heavy (non-hydrogen) atoms. The maximum absolute atomic E-state index is 12.6. The van der Waals surface area contributed by atoms with Crippen LogP contribution in [0, 0.1) is 11.8 Å². The first-order valence-corrected chi connectivity index (χ1v) is 6.68. The molecule has 1 aromatic rings. The Morgan fingerprint density at radius 1 is 1.65 bits per heavy atom. The van der Waals surface area contributed by atoms with Crippen LogP contribution in [0.1, 0.15) is 35.7 Å². The number of carbonyl (C=O) groups is 1. The summed E-state index contributed by atoms with van der Waals surface area (Å²) < 4.78 is 0. The maximum atomic E-state index is 12.6. The summed E-state index contributed by atoms with van der Waals surface area (Å²) >= 11 is 0. The Labute approximate surface area is 118 Å². The summed E-state index contributed by atoms with van der Waals surface area (Å²) in [5, 5.41) is 10.1. The summed E-state index contributed by atoms with van der Waals surface area (Å²) in [5.41, 5.74) is 5.63. The normalized spacial score (nSPS) is 22.1. The van der Waals surface area contributed by atoms with E-state index >= 15 is 0 Å². The molecule has 1 aliphatic rings. The van der Waals surface area contributed by atoms with Gasteiger partial charge in [0, 0.05) is 25.5 Å². The number of aliphatic hydroxyl groups is 1. The number of rotatable bonds is 1. The highest BCUT2D eigenvalue weighted by atomic mass is 16.3. The smallest absolute Gasteiger partial charge is 0.255 e. The third kappa shape index (κ3) is 3.35. The largest absolute Gasteiger partial charge is 0.388 e. The van der Waals surface area contributed by atoms with Crippen LogP contribution < -0.4 is 5.73 Å². The van der Waals surface area contributed by atoms with E-state index in [1.54, 1.807) is 30.3 Å². The lowest BCUT2D eigenvalue weighted by molar-refractivity contribution is -0.0107. The molecule has 5 heteroatoms. The number of β-amino-alcohol motifs (C(OH)–C–C–N with tert-alkyl or cyclic N) is 1. The van der Waals surface area contributed by atoms with Gasteiger partial charge in [-0.3, -0.25) is 9.78 Å². The number of nitrogens with zero attached hydrogens (tertiary/aromatic N) is 2. The van der Waals surface area contributed by atoms with E-state index in [4.69, 9.17) is 5.73 Å². The van der Waals surface area contributed by atoms with Crippen molar-refractivity contribution in [2.24, 2.45) is 5.73 Å². The van der Waals surface area contributed by atoms with Gasteiger partial charge in [0.25, 0.3) is 5.91 Å². The fraction of sp³-hybridized carbons (Fsp3) is 0.467. The van der Waals surface area contributed by atoms with Crippen molar-refractivity contribution in [2.75, 3.05) is 19.6 Å². The standard InChI is InChI=1S/C15H19N3O2/c1-15(20)6-3-9-18(11-15)14(19)13-5-8-17-10-12(13)4-2-7-16/h5,8,10,20H,3,6-7,9,11,16H2,1H3. The van der Waals surface area contributed by atoms with Crippen molar-refractivity contribution in [3.63, 3.8) is 0 Å². The minimum atomic E-state index is -0.815. The van der Waals surface area contributed by atoms with E-state index in [2.05, 4.69) is 16.8 Å². The molecule has 2 heterocycles. The average Bonchev–Trinajstić information content (AvgIpc) is 2.43. The zero-order chi connectivity index (χ0) is 14.6. The second kappa shape index (κ2) is 6.04. The van der Waals surface area contributed by atoms with Gasteiger partial charge < -0.3 is 15.7 Å². The van der Waals surface area contributed by atoms with Gasteiger partial charge in [0.05, 0.1) is 23.3 Å². The second-order valence-electron chi connectivity index (χ2n) is 5.25. The Morgan fingerprint density at radius 2 is 2.45 bits per heavy atom. The molecule has 106 valence electrons. The Bertz CT molecular complexity index is 558. The van der Waals surface area contributed by atoms with Crippen LogP contribution in [0.15, 0.2) is 18.5 Å². The first-order chi connectivity index (χ1) is 9.53. The SMILES string of the molecule is CC1(O)CCCN(C(=O)c2ccncc2C#CCN)C1. The van der Waals surface area contributed by atoms with Gasteiger partial charge in [-0.1, -0.05) is 11.8 Å². The van der Waals surface area contributed by atoms with Gasteiger partial charge >= 0.3 is 0 Å². The molecule has 0 saturated carbocycles. The molecule has 1 saturated heterocycles. The first-order valence-electron chi connectivity index (χ1n) is 6.68. The number of hydrogen-bond donors (Lipinski definition) is 2. The van der Waals surface area contributed by atoms with Crippen LogP contribution in [0.3, 0.4) is 0 Å². The molecule has 0 aliphatic carbocycles. The number of aromatic nitrogens is 1. The van der Waals surface area contributed by atoms with E-state index in [9.17, 15) is 9.90 Å². The lowest BCUT2D eigenvalue weighted by atomic mass is 9.94. The molecule has 0 aromatic carbocycles. The van der Waals surface area contributed by atoms with E-state index in [1.165, 1.54) is 0 Å². The summed E-state index contributed by atoms with van der Waals surface area (Å²) in [4.78, 5) is 18.2. The first kappa shape index (κ1) is 14.5. The van der Waals surface area contributed by atoms with Gasteiger partial charge in [-0.25, -0.2) is 0 Å². The van der Waals surface area contributed by atoms with Crippen molar-refractivity contribution in [3.8, 4) is 11.8 Å². The number of carbonyl (C=O) groups excluding carboxylic acids is 1. The molecule has 1 amide bonds. The van der Waals surface area contributed by atoms with Crippen LogP contribution in [0.2, 0.25) is 0 Å². The minimum Gasteiger partial charge on any atom is -0.388 e. The molecule has 1 aliphatic heterocycles. The molecular weight excluding hydrogens is 254 g/mol. The van der Waals surface area contributed by atoms with Crippen molar-refractivity contribution in [2.45, 2.75) is 25.4 Å². The van der Waals surface area contributed by atoms with E-state index in [0.29, 0.717) is 30.6 Å². The lowest BCUT2D eigenvalue weighted by Gasteiger charge is -2.37. The predicted octanol–water partition coefficient (Wildman–Crippen LogP) is 0.379. The fourth-order valence-corrected chi connectivity index (χ4v) is 2.39. The lowest BCUT2D eigenvalue weighted by Crippen LogP contribution is -2.48. The third-order valence-corrected chi connectivity index (χ3v) is 3.34. The van der Waals surface area contributed by atoms with Crippen LogP contribution in [-0.2, 0) is 0 Å². The van der Waals surface area contributed by atoms with Gasteiger partial charge in [-0.15, -0.1) is 0 Å². The molecule has 1 fully saturated rings. The molecular formula is C15H19N3O2. The summed E-state index contributed by atoms with van der Waals surface area (Å²) in [7, 11) is 0. The fourth-order valence-electron chi connectivity index (χ4n) is 2.39. The number of nitrogens with two attached hydrogens (primary N) is 1. The molecule has 0 spiro atoms. The van der Waals surface area contributed by atoms with E-state index in [0.717, 1.165) is 6.42 Å². The van der Waals surface area contributed by atoms with Crippen molar-refractivity contribution >= 4 is 5.91 Å². The topological polar surface area (TPSA) is 79.5 Å². The van der Waals surface area contributed by atoms with Crippen molar-refractivity contribution in [1.82, 2.24) is 9.88 Å². The van der Waals surface area contributed by atoms with E-state index in [1.807, 2.05) is 0 Å². The van der Waals surface area contributed by atoms with E-state index < -0.39 is 5.60 Å². The Balaban J connectivity index is 2.25. The Hall–Kier alpha value is -1.90. The highest BCUT2D eigenvalue weighted by Gasteiger charge is 2.31. The van der Waals surface area contributed by atoms with Gasteiger partial charge in [0.15, 0.2) is 0 Å². The zero-order valence-electron chi connectivity index (χ0n) is 11.6. The van der Waals surface area contributed by atoms with Crippen LogP contribution in [-0.4, -0.2) is 46.1 Å². The summed E-state index contributed by atoms with van der Waals surface area (Å²) in [6.45, 7) is 2.99. The summed E-state index contributed by atoms with van der Waals surface area (Å²) in [6.07, 6.45) is 4.65. The Morgan fingerprint density at radius 3 is 3.15 bits per heavy atom. The number of piperidine rings is 1. The maximum Gasteiger partial charge on any atom is 0.255 e. The van der Waals surface area contributed by atoms with Gasteiger partial charge in [-0.05, 0) is 25.8 Å². The molecule has 1 aromatic heterocycles. The van der Waals surface area contributed by atoms with Gasteiger partial charge in [-0.2, -0.15) is 0 Å². The number of hydrogen-bond acceptors (Lipinski definition) is 4. The highest BCUT2D eigenvalue weighted by Crippen LogP contribution is 2.22. The van der Waals surface area contributed by atoms with Crippen LogP contribution in [0.4, 0.5) is 0 Å². The number of pyridine rings is 1.